The molecule has 0 N–H and O–H groups in total. The van der Waals surface area contributed by atoms with Gasteiger partial charge >= 0.3 is 5.97 Å². The molecular weight excluding hydrogens is 432 g/mol. The van der Waals surface area contributed by atoms with Crippen molar-refractivity contribution < 1.29 is 9.53 Å². The summed E-state index contributed by atoms with van der Waals surface area (Å²) in [7, 11) is 0. The summed E-state index contributed by atoms with van der Waals surface area (Å²) in [5.74, 6) is -0.704. The van der Waals surface area contributed by atoms with Crippen molar-refractivity contribution in [3.8, 4) is 0 Å². The van der Waals surface area contributed by atoms with Gasteiger partial charge in [0.05, 0.1) is 17.6 Å². The minimum absolute atomic E-state index is 0.0276. The summed E-state index contributed by atoms with van der Waals surface area (Å²) < 4.78 is 8.19. The van der Waals surface area contributed by atoms with E-state index in [0.717, 1.165) is 11.1 Å². The lowest BCUT2D eigenvalue weighted by atomic mass is 10.1. The van der Waals surface area contributed by atoms with Crippen LogP contribution in [0.25, 0.3) is 16.4 Å². The third kappa shape index (κ3) is 3.97. The predicted octanol–water partition coefficient (Wildman–Crippen LogP) is 3.12. The number of carbonyl (C=O) groups is 1. The standard InChI is InChI=1S/C26H20N4O4/c1-17-8-7-13-29-22(31)14-19(27-24(17)29)16-34-26(33)23-20-11-5-6-12-21(20)25(32)30(28-23)15-18-9-3-2-4-10-18/h2-14H,15-16H2,1H3. The van der Waals surface area contributed by atoms with Crippen molar-refractivity contribution in [1.82, 2.24) is 19.2 Å². The third-order valence-electron chi connectivity index (χ3n) is 5.53. The molecule has 0 aliphatic heterocycles. The van der Waals surface area contributed by atoms with E-state index in [4.69, 9.17) is 4.74 Å². The molecule has 0 aliphatic carbocycles. The lowest BCUT2D eigenvalue weighted by molar-refractivity contribution is 0.0460. The van der Waals surface area contributed by atoms with E-state index in [0.29, 0.717) is 22.1 Å². The number of hydrogen-bond acceptors (Lipinski definition) is 6. The number of ether oxygens (including phenoxy) is 1. The summed E-state index contributed by atoms with van der Waals surface area (Å²) in [6, 6.07) is 21.1. The zero-order valence-electron chi connectivity index (χ0n) is 18.3. The van der Waals surface area contributed by atoms with E-state index in [-0.39, 0.29) is 30.0 Å². The van der Waals surface area contributed by atoms with E-state index >= 15 is 0 Å². The van der Waals surface area contributed by atoms with E-state index in [1.807, 2.05) is 43.3 Å². The van der Waals surface area contributed by atoms with Gasteiger partial charge in [0.1, 0.15) is 12.3 Å². The number of benzene rings is 2. The Morgan fingerprint density at radius 3 is 2.47 bits per heavy atom. The Kier molecular flexibility index (Phi) is 5.47. The van der Waals surface area contributed by atoms with Gasteiger partial charge in [-0.25, -0.2) is 14.5 Å². The molecule has 168 valence electrons. The maximum atomic E-state index is 13.1. The quantitative estimate of drug-likeness (QED) is 0.380. The first kappa shape index (κ1) is 21.3. The van der Waals surface area contributed by atoms with Crippen molar-refractivity contribution in [2.45, 2.75) is 20.1 Å². The molecule has 0 atom stereocenters. The summed E-state index contributed by atoms with van der Waals surface area (Å²) in [4.78, 5) is 42.9. The Morgan fingerprint density at radius 1 is 0.941 bits per heavy atom. The van der Waals surface area contributed by atoms with E-state index in [9.17, 15) is 14.4 Å². The van der Waals surface area contributed by atoms with Crippen LogP contribution in [0.3, 0.4) is 0 Å². The molecular formula is C26H20N4O4. The van der Waals surface area contributed by atoms with Crippen LogP contribution in [0.2, 0.25) is 0 Å². The molecule has 8 nitrogen and oxygen atoms in total. The van der Waals surface area contributed by atoms with Gasteiger partial charge in [-0.1, -0.05) is 54.6 Å². The molecule has 3 aromatic heterocycles. The number of fused-ring (bicyclic) bond motifs is 2. The fourth-order valence-corrected chi connectivity index (χ4v) is 3.84. The van der Waals surface area contributed by atoms with Crippen LogP contribution in [0.5, 0.6) is 0 Å². The van der Waals surface area contributed by atoms with Gasteiger partial charge in [-0.05, 0) is 30.2 Å². The molecule has 2 aromatic carbocycles. The van der Waals surface area contributed by atoms with Crippen LogP contribution in [0.1, 0.15) is 27.3 Å². The second-order valence-electron chi connectivity index (χ2n) is 7.89. The van der Waals surface area contributed by atoms with Crippen LogP contribution < -0.4 is 11.1 Å². The smallest absolute Gasteiger partial charge is 0.359 e. The normalized spacial score (nSPS) is 11.1. The van der Waals surface area contributed by atoms with Crippen molar-refractivity contribution in [2.24, 2.45) is 0 Å². The van der Waals surface area contributed by atoms with Crippen LogP contribution >= 0.6 is 0 Å². The molecule has 0 saturated carbocycles. The number of nitrogens with zero attached hydrogens (tertiary/aromatic N) is 4. The highest BCUT2D eigenvalue weighted by molar-refractivity contribution is 6.02. The van der Waals surface area contributed by atoms with Gasteiger partial charge in [0.2, 0.25) is 0 Å². The largest absolute Gasteiger partial charge is 0.454 e. The summed E-state index contributed by atoms with van der Waals surface area (Å²) >= 11 is 0. The Hall–Kier alpha value is -4.59. The molecule has 34 heavy (non-hydrogen) atoms. The summed E-state index contributed by atoms with van der Waals surface area (Å²) in [5.41, 5.74) is 2.00. The van der Waals surface area contributed by atoms with Gasteiger partial charge in [-0.2, -0.15) is 5.10 Å². The van der Waals surface area contributed by atoms with Crippen molar-refractivity contribution >= 4 is 22.4 Å². The van der Waals surface area contributed by atoms with Gasteiger partial charge in [0.15, 0.2) is 5.69 Å². The topological polar surface area (TPSA) is 95.6 Å². The highest BCUT2D eigenvalue weighted by atomic mass is 16.5. The van der Waals surface area contributed by atoms with E-state index < -0.39 is 5.97 Å². The van der Waals surface area contributed by atoms with Crippen LogP contribution in [0.4, 0.5) is 0 Å². The van der Waals surface area contributed by atoms with Crippen LogP contribution in [-0.4, -0.2) is 25.1 Å². The Bertz CT molecular complexity index is 1660. The Balaban J connectivity index is 1.49. The molecule has 5 aromatic rings. The van der Waals surface area contributed by atoms with Gasteiger partial charge in [-0.3, -0.25) is 14.0 Å². The minimum Gasteiger partial charge on any atom is -0.454 e. The first-order valence-electron chi connectivity index (χ1n) is 10.7. The second kappa shape index (κ2) is 8.74. The van der Waals surface area contributed by atoms with Crippen LogP contribution in [0.15, 0.2) is 88.6 Å². The maximum absolute atomic E-state index is 13.1. The lowest BCUT2D eigenvalue weighted by Crippen LogP contribution is -2.27. The lowest BCUT2D eigenvalue weighted by Gasteiger charge is -2.11. The zero-order valence-corrected chi connectivity index (χ0v) is 18.3. The SMILES string of the molecule is Cc1cccn2c(=O)cc(COC(=O)c3nn(Cc4ccccc4)c(=O)c4ccccc34)nc12. The summed E-state index contributed by atoms with van der Waals surface area (Å²) in [6.45, 7) is 1.86. The summed E-state index contributed by atoms with van der Waals surface area (Å²) in [6.07, 6.45) is 1.64. The molecule has 8 heteroatoms. The van der Waals surface area contributed by atoms with Crippen LogP contribution in [0, 0.1) is 6.92 Å². The Morgan fingerprint density at radius 2 is 1.68 bits per heavy atom. The number of esters is 1. The number of aromatic nitrogens is 4. The molecule has 0 aliphatic rings. The third-order valence-corrected chi connectivity index (χ3v) is 5.53. The minimum atomic E-state index is -0.704. The van der Waals surface area contributed by atoms with Gasteiger partial charge < -0.3 is 4.74 Å². The molecule has 0 saturated heterocycles. The van der Waals surface area contributed by atoms with Crippen molar-refractivity contribution in [1.29, 1.82) is 0 Å². The fraction of sp³-hybridized carbons (Fsp3) is 0.115. The van der Waals surface area contributed by atoms with Crippen molar-refractivity contribution in [3.05, 3.63) is 122 Å². The molecule has 0 unspecified atom stereocenters. The Labute approximate surface area is 193 Å². The first-order chi connectivity index (χ1) is 16.5. The molecule has 3 heterocycles. The molecule has 5 rings (SSSR count). The first-order valence-corrected chi connectivity index (χ1v) is 10.7. The highest BCUT2D eigenvalue weighted by Gasteiger charge is 2.19. The zero-order chi connectivity index (χ0) is 23.7. The highest BCUT2D eigenvalue weighted by Crippen LogP contribution is 2.16. The molecule has 0 amide bonds. The fourth-order valence-electron chi connectivity index (χ4n) is 3.84. The van der Waals surface area contributed by atoms with Gasteiger partial charge in [0.25, 0.3) is 11.1 Å². The van der Waals surface area contributed by atoms with Crippen molar-refractivity contribution in [3.63, 3.8) is 0 Å². The molecule has 0 radical (unpaired) electrons. The predicted molar refractivity (Wildman–Crippen MR) is 127 cm³/mol. The van der Waals surface area contributed by atoms with E-state index in [2.05, 4.69) is 10.1 Å². The second-order valence-corrected chi connectivity index (χ2v) is 7.89. The van der Waals surface area contributed by atoms with E-state index in [1.54, 1.807) is 36.5 Å². The van der Waals surface area contributed by atoms with Crippen LogP contribution in [-0.2, 0) is 17.9 Å². The molecule has 0 fully saturated rings. The number of aryl methyl sites for hydroxylation is 1. The number of rotatable bonds is 5. The monoisotopic (exact) mass is 452 g/mol. The number of pyridine rings is 1. The average Bonchev–Trinajstić information content (AvgIpc) is 2.85. The molecule has 0 bridgehead atoms. The van der Waals surface area contributed by atoms with Gasteiger partial charge in [-0.15, -0.1) is 0 Å². The average molecular weight is 452 g/mol. The molecule has 0 spiro atoms. The van der Waals surface area contributed by atoms with Crippen molar-refractivity contribution in [2.75, 3.05) is 0 Å². The maximum Gasteiger partial charge on any atom is 0.359 e. The van der Waals surface area contributed by atoms with Gasteiger partial charge in [0, 0.05) is 17.6 Å². The number of carbonyl (C=O) groups excluding carboxylic acids is 1. The van der Waals surface area contributed by atoms with E-state index in [1.165, 1.54) is 15.1 Å². The number of hydrogen-bond donors (Lipinski definition) is 0. The summed E-state index contributed by atoms with van der Waals surface area (Å²) in [5, 5.41) is 5.11.